The lowest BCUT2D eigenvalue weighted by Gasteiger charge is -2.18. The maximum absolute atomic E-state index is 13.1. The first-order chi connectivity index (χ1) is 14.9. The third kappa shape index (κ3) is 5.19. The number of amides is 1. The Hall–Kier alpha value is -3.44. The summed E-state index contributed by atoms with van der Waals surface area (Å²) in [5, 5.41) is 16.4. The lowest BCUT2D eigenvalue weighted by molar-refractivity contribution is 0.101. The molecule has 0 fully saturated rings. The van der Waals surface area contributed by atoms with Crippen LogP contribution in [0.3, 0.4) is 0 Å². The van der Waals surface area contributed by atoms with E-state index in [1.807, 2.05) is 49.5 Å². The molecule has 0 bridgehead atoms. The summed E-state index contributed by atoms with van der Waals surface area (Å²) in [6.45, 7) is 3.56. The van der Waals surface area contributed by atoms with Crippen LogP contribution in [0.4, 0.5) is 5.69 Å². The molecule has 0 aliphatic rings. The fourth-order valence-corrected chi connectivity index (χ4v) is 3.67. The molecule has 1 amide bonds. The van der Waals surface area contributed by atoms with Gasteiger partial charge in [0, 0.05) is 11.6 Å². The Kier molecular flexibility index (Phi) is 7.21. The molecule has 0 heterocycles. The van der Waals surface area contributed by atoms with Gasteiger partial charge in [-0.3, -0.25) is 9.59 Å². The maximum atomic E-state index is 13.1. The van der Waals surface area contributed by atoms with Crippen molar-refractivity contribution in [2.24, 2.45) is 0 Å². The second-order valence-corrected chi connectivity index (χ2v) is 7.54. The minimum absolute atomic E-state index is 0.0892. The number of ketones is 1. The molecule has 5 heteroatoms. The van der Waals surface area contributed by atoms with Crippen LogP contribution in [0.25, 0.3) is 11.1 Å². The first-order valence-electron chi connectivity index (χ1n) is 10.5. The quantitative estimate of drug-likeness (QED) is 0.419. The number of hydrogen-bond donors (Lipinski definition) is 3. The maximum Gasteiger partial charge on any atom is 0.259 e. The van der Waals surface area contributed by atoms with Crippen molar-refractivity contribution < 1.29 is 14.7 Å². The SMILES string of the molecule is CCCC(NC)c1ccc(O)c(C(=O)Nc2cc(-c3ccccc3)ccc2C(C)=O)c1. The van der Waals surface area contributed by atoms with E-state index in [1.165, 1.54) is 13.0 Å². The summed E-state index contributed by atoms with van der Waals surface area (Å²) in [5.41, 5.74) is 3.81. The number of phenolic OH excluding ortho intramolecular Hbond substituents is 1. The van der Waals surface area contributed by atoms with Crippen LogP contribution in [0.1, 0.15) is 59.0 Å². The number of anilines is 1. The van der Waals surface area contributed by atoms with E-state index >= 15 is 0 Å². The minimum atomic E-state index is -0.460. The van der Waals surface area contributed by atoms with Crippen molar-refractivity contribution in [2.45, 2.75) is 32.7 Å². The predicted molar refractivity (Wildman–Crippen MR) is 125 cm³/mol. The van der Waals surface area contributed by atoms with Crippen molar-refractivity contribution in [1.82, 2.24) is 5.32 Å². The summed E-state index contributed by atoms with van der Waals surface area (Å²) in [4.78, 5) is 25.2. The third-order valence-electron chi connectivity index (χ3n) is 5.35. The molecule has 0 saturated heterocycles. The van der Waals surface area contributed by atoms with E-state index in [0.29, 0.717) is 11.3 Å². The van der Waals surface area contributed by atoms with Gasteiger partial charge in [0.05, 0.1) is 11.3 Å². The summed E-state index contributed by atoms with van der Waals surface area (Å²) >= 11 is 0. The second kappa shape index (κ2) is 10.0. The molecule has 0 aromatic heterocycles. The minimum Gasteiger partial charge on any atom is -0.507 e. The highest BCUT2D eigenvalue weighted by Gasteiger charge is 2.18. The van der Waals surface area contributed by atoms with Crippen LogP contribution in [0.5, 0.6) is 5.75 Å². The molecular weight excluding hydrogens is 388 g/mol. The number of rotatable bonds is 8. The van der Waals surface area contributed by atoms with Gasteiger partial charge in [-0.25, -0.2) is 0 Å². The van der Waals surface area contributed by atoms with Crippen LogP contribution in [0.15, 0.2) is 66.7 Å². The number of Topliss-reactive ketones (excluding diaryl/α,β-unsaturated/α-hetero) is 1. The Morgan fingerprint density at radius 3 is 2.32 bits per heavy atom. The summed E-state index contributed by atoms with van der Waals surface area (Å²) in [5.74, 6) is -0.708. The topological polar surface area (TPSA) is 78.4 Å². The molecule has 31 heavy (non-hydrogen) atoms. The van der Waals surface area contributed by atoms with Gasteiger partial charge in [0.1, 0.15) is 5.75 Å². The fourth-order valence-electron chi connectivity index (χ4n) is 3.67. The molecule has 3 aromatic carbocycles. The van der Waals surface area contributed by atoms with Gasteiger partial charge in [-0.05, 0) is 61.3 Å². The molecule has 3 N–H and O–H groups in total. The Labute approximate surface area is 183 Å². The molecule has 3 aromatic rings. The van der Waals surface area contributed by atoms with Crippen molar-refractivity contribution in [1.29, 1.82) is 0 Å². The average molecular weight is 417 g/mol. The normalized spacial score (nSPS) is 11.7. The van der Waals surface area contributed by atoms with Gasteiger partial charge in [-0.15, -0.1) is 0 Å². The summed E-state index contributed by atoms with van der Waals surface area (Å²) in [6.07, 6.45) is 1.90. The molecule has 5 nitrogen and oxygen atoms in total. The standard InChI is InChI=1S/C26H28N2O3/c1-4-8-23(27-3)20-12-14-25(30)22(15-20)26(31)28-24-16-19(11-13-21(24)17(2)29)18-9-6-5-7-10-18/h5-7,9-16,23,27,30H,4,8H2,1-3H3,(H,28,31). The largest absolute Gasteiger partial charge is 0.507 e. The molecular formula is C26H28N2O3. The number of hydrogen-bond acceptors (Lipinski definition) is 4. The third-order valence-corrected chi connectivity index (χ3v) is 5.35. The van der Waals surface area contributed by atoms with Crippen LogP contribution in [-0.2, 0) is 0 Å². The van der Waals surface area contributed by atoms with Gasteiger partial charge >= 0.3 is 0 Å². The van der Waals surface area contributed by atoms with E-state index in [2.05, 4.69) is 17.6 Å². The van der Waals surface area contributed by atoms with Crippen LogP contribution in [0.2, 0.25) is 0 Å². The molecule has 3 rings (SSSR count). The van der Waals surface area contributed by atoms with Crippen molar-refractivity contribution in [3.05, 3.63) is 83.4 Å². The van der Waals surface area contributed by atoms with Gasteiger partial charge < -0.3 is 15.7 Å². The molecule has 1 atom stereocenters. The van der Waals surface area contributed by atoms with Crippen LogP contribution in [-0.4, -0.2) is 23.8 Å². The first-order valence-corrected chi connectivity index (χ1v) is 10.5. The Balaban J connectivity index is 1.96. The number of phenols is 1. The highest BCUT2D eigenvalue weighted by Crippen LogP contribution is 2.29. The summed E-state index contributed by atoms with van der Waals surface area (Å²) < 4.78 is 0. The van der Waals surface area contributed by atoms with E-state index in [-0.39, 0.29) is 23.1 Å². The Morgan fingerprint density at radius 2 is 1.68 bits per heavy atom. The molecule has 0 saturated carbocycles. The number of benzene rings is 3. The van der Waals surface area contributed by atoms with Gasteiger partial charge in [-0.2, -0.15) is 0 Å². The zero-order chi connectivity index (χ0) is 22.4. The van der Waals surface area contributed by atoms with Crippen molar-refractivity contribution in [2.75, 3.05) is 12.4 Å². The van der Waals surface area contributed by atoms with Crippen molar-refractivity contribution >= 4 is 17.4 Å². The van der Waals surface area contributed by atoms with Crippen LogP contribution < -0.4 is 10.6 Å². The Morgan fingerprint density at radius 1 is 0.935 bits per heavy atom. The van der Waals surface area contributed by atoms with Crippen LogP contribution >= 0.6 is 0 Å². The van der Waals surface area contributed by atoms with E-state index in [1.54, 1.807) is 18.2 Å². The monoisotopic (exact) mass is 416 g/mol. The van der Waals surface area contributed by atoms with Gasteiger partial charge in [-0.1, -0.05) is 55.8 Å². The highest BCUT2D eigenvalue weighted by atomic mass is 16.3. The summed E-state index contributed by atoms with van der Waals surface area (Å²) in [6, 6.07) is 20.3. The van der Waals surface area contributed by atoms with E-state index < -0.39 is 5.91 Å². The van der Waals surface area contributed by atoms with E-state index in [9.17, 15) is 14.7 Å². The summed E-state index contributed by atoms with van der Waals surface area (Å²) in [7, 11) is 1.88. The number of aromatic hydroxyl groups is 1. The van der Waals surface area contributed by atoms with Crippen LogP contribution in [0, 0.1) is 0 Å². The predicted octanol–water partition coefficient (Wildman–Crippen LogP) is 5.57. The smallest absolute Gasteiger partial charge is 0.259 e. The van der Waals surface area contributed by atoms with Crippen molar-refractivity contribution in [3.8, 4) is 16.9 Å². The molecule has 0 aliphatic heterocycles. The molecule has 0 aliphatic carbocycles. The van der Waals surface area contributed by atoms with Gasteiger partial charge in [0.15, 0.2) is 5.78 Å². The van der Waals surface area contributed by atoms with E-state index in [4.69, 9.17) is 0 Å². The highest BCUT2D eigenvalue weighted by molar-refractivity contribution is 6.10. The molecule has 160 valence electrons. The lowest BCUT2D eigenvalue weighted by atomic mass is 9.98. The molecule has 0 spiro atoms. The number of carbonyl (C=O) groups excluding carboxylic acids is 2. The molecule has 0 radical (unpaired) electrons. The van der Waals surface area contributed by atoms with Gasteiger partial charge in [0.25, 0.3) is 5.91 Å². The number of nitrogens with one attached hydrogen (secondary N) is 2. The van der Waals surface area contributed by atoms with Gasteiger partial charge in [0.2, 0.25) is 0 Å². The van der Waals surface area contributed by atoms with E-state index in [0.717, 1.165) is 29.5 Å². The van der Waals surface area contributed by atoms with Crippen molar-refractivity contribution in [3.63, 3.8) is 0 Å². The second-order valence-electron chi connectivity index (χ2n) is 7.54. The number of carbonyl (C=O) groups is 2. The zero-order valence-corrected chi connectivity index (χ0v) is 18.1. The zero-order valence-electron chi connectivity index (χ0n) is 18.1. The molecule has 1 unspecified atom stereocenters. The average Bonchev–Trinajstić information content (AvgIpc) is 2.78. The lowest BCUT2D eigenvalue weighted by Crippen LogP contribution is -2.18. The fraction of sp³-hybridized carbons (Fsp3) is 0.231. The Bertz CT molecular complexity index is 1080. The first kappa shape index (κ1) is 22.2.